The maximum atomic E-state index is 14.7. The van der Waals surface area contributed by atoms with Crippen LogP contribution in [0.4, 0.5) is 13.2 Å². The Morgan fingerprint density at radius 1 is 0.929 bits per heavy atom. The molecule has 42 heavy (non-hydrogen) atoms. The van der Waals surface area contributed by atoms with E-state index in [1.807, 2.05) is 67.6 Å². The van der Waals surface area contributed by atoms with Crippen molar-refractivity contribution in [3.05, 3.63) is 134 Å². The molecule has 0 spiro atoms. The second-order valence-electron chi connectivity index (χ2n) is 9.92. The van der Waals surface area contributed by atoms with Gasteiger partial charge in [-0.25, -0.2) is 18.0 Å². The number of rotatable bonds is 11. The van der Waals surface area contributed by atoms with Crippen molar-refractivity contribution < 1.29 is 27.4 Å². The van der Waals surface area contributed by atoms with Crippen LogP contribution in [0.3, 0.4) is 0 Å². The van der Waals surface area contributed by atoms with Crippen LogP contribution in [0.15, 0.2) is 83.3 Å². The lowest BCUT2D eigenvalue weighted by Gasteiger charge is -2.43. The van der Waals surface area contributed by atoms with Crippen LogP contribution >= 0.6 is 27.5 Å². The first-order valence-corrected chi connectivity index (χ1v) is 14.4. The molecule has 0 aliphatic carbocycles. The number of hydrogen-bond acceptors (Lipinski definition) is 4. The van der Waals surface area contributed by atoms with Crippen molar-refractivity contribution in [3.63, 3.8) is 0 Å². The number of carbonyl (C=O) groups excluding carboxylic acids is 1. The summed E-state index contributed by atoms with van der Waals surface area (Å²) in [6.45, 7) is 4.16. The topological polar surface area (TPSA) is 38.8 Å². The molecular weight excluding hydrogens is 631 g/mol. The zero-order valence-electron chi connectivity index (χ0n) is 23.4. The van der Waals surface area contributed by atoms with E-state index in [4.69, 9.17) is 21.1 Å². The van der Waals surface area contributed by atoms with Crippen LogP contribution < -0.4 is 4.74 Å². The van der Waals surface area contributed by atoms with Gasteiger partial charge in [0.15, 0.2) is 17.5 Å². The minimum atomic E-state index is -1.59. The Bertz CT molecular complexity index is 1490. The van der Waals surface area contributed by atoms with E-state index in [1.54, 1.807) is 18.2 Å². The summed E-state index contributed by atoms with van der Waals surface area (Å²) >= 11 is 9.64. The average molecular weight is 661 g/mol. The van der Waals surface area contributed by atoms with Crippen molar-refractivity contribution in [2.24, 2.45) is 0 Å². The minimum Gasteiger partial charge on any atom is -0.494 e. The lowest BCUT2D eigenvalue weighted by Crippen LogP contribution is -2.45. The van der Waals surface area contributed by atoms with Crippen LogP contribution in [-0.4, -0.2) is 31.1 Å². The molecule has 0 atom stereocenters. The third kappa shape index (κ3) is 6.51. The molecule has 220 valence electrons. The fourth-order valence-electron chi connectivity index (χ4n) is 4.99. The minimum absolute atomic E-state index is 0.0316. The summed E-state index contributed by atoms with van der Waals surface area (Å²) in [5, 5.41) is -0.443. The first-order chi connectivity index (χ1) is 20.1. The van der Waals surface area contributed by atoms with E-state index in [9.17, 15) is 18.0 Å². The molecule has 0 saturated carbocycles. The van der Waals surface area contributed by atoms with Gasteiger partial charge in [0.1, 0.15) is 5.75 Å². The van der Waals surface area contributed by atoms with Crippen molar-refractivity contribution in [1.82, 2.24) is 4.90 Å². The van der Waals surface area contributed by atoms with E-state index in [2.05, 4.69) is 20.8 Å². The first-order valence-electron chi connectivity index (χ1n) is 13.3. The van der Waals surface area contributed by atoms with Gasteiger partial charge >= 0.3 is 5.97 Å². The number of hydrogen-bond donors (Lipinski definition) is 0. The van der Waals surface area contributed by atoms with Gasteiger partial charge in [-0.3, -0.25) is 4.90 Å². The molecule has 0 bridgehead atoms. The summed E-state index contributed by atoms with van der Waals surface area (Å²) in [6.07, 6.45) is 0.502. The molecule has 0 aliphatic heterocycles. The molecule has 0 fully saturated rings. The van der Waals surface area contributed by atoms with Crippen molar-refractivity contribution in [1.29, 1.82) is 0 Å². The molecule has 0 heterocycles. The van der Waals surface area contributed by atoms with Gasteiger partial charge < -0.3 is 9.47 Å². The van der Waals surface area contributed by atoms with E-state index >= 15 is 0 Å². The lowest BCUT2D eigenvalue weighted by molar-refractivity contribution is 0.0599. The van der Waals surface area contributed by atoms with E-state index < -0.39 is 34.0 Å². The van der Waals surface area contributed by atoms with Crippen LogP contribution in [0, 0.1) is 24.4 Å². The van der Waals surface area contributed by atoms with Gasteiger partial charge in [0.05, 0.1) is 29.8 Å². The Morgan fingerprint density at radius 2 is 1.52 bits per heavy atom. The third-order valence-electron chi connectivity index (χ3n) is 7.46. The zero-order chi connectivity index (χ0) is 30.4. The molecule has 0 unspecified atom stereocenters. The molecule has 9 heteroatoms. The van der Waals surface area contributed by atoms with Gasteiger partial charge in [0.25, 0.3) is 0 Å². The second kappa shape index (κ2) is 13.8. The molecule has 0 radical (unpaired) electrons. The third-order valence-corrected chi connectivity index (χ3v) is 8.55. The average Bonchev–Trinajstić information content (AvgIpc) is 3.02. The number of methoxy groups -OCH3 is 1. The highest BCUT2D eigenvalue weighted by Gasteiger charge is 2.37. The molecule has 4 rings (SSSR count). The van der Waals surface area contributed by atoms with Crippen molar-refractivity contribution in [3.8, 4) is 5.75 Å². The maximum absolute atomic E-state index is 14.7. The van der Waals surface area contributed by atoms with E-state index in [0.717, 1.165) is 11.1 Å². The molecule has 0 saturated heterocycles. The van der Waals surface area contributed by atoms with Crippen LogP contribution in [0.5, 0.6) is 5.75 Å². The maximum Gasteiger partial charge on any atom is 0.339 e. The number of ether oxygens (including phenoxy) is 2. The summed E-state index contributed by atoms with van der Waals surface area (Å²) in [5.41, 5.74) is 1.59. The predicted molar refractivity (Wildman–Crippen MR) is 161 cm³/mol. The molecule has 0 aromatic heterocycles. The smallest absolute Gasteiger partial charge is 0.339 e. The predicted octanol–water partition coefficient (Wildman–Crippen LogP) is 8.85. The van der Waals surface area contributed by atoms with Gasteiger partial charge in [-0.05, 0) is 76.7 Å². The molecule has 0 aliphatic rings. The van der Waals surface area contributed by atoms with Gasteiger partial charge in [0, 0.05) is 17.6 Å². The number of halogens is 5. The van der Waals surface area contributed by atoms with Crippen LogP contribution in [0.25, 0.3) is 0 Å². The monoisotopic (exact) mass is 659 g/mol. The van der Waals surface area contributed by atoms with Crippen molar-refractivity contribution in [2.75, 3.05) is 20.3 Å². The van der Waals surface area contributed by atoms with Gasteiger partial charge in [-0.1, -0.05) is 72.3 Å². The molecular formula is C33H30BrClF3NO3. The summed E-state index contributed by atoms with van der Waals surface area (Å²) in [7, 11) is 1.31. The number of nitrogens with zero attached hydrogens (tertiary/aromatic N) is 1. The Labute approximate surface area is 257 Å². The largest absolute Gasteiger partial charge is 0.494 e. The Morgan fingerprint density at radius 3 is 2.10 bits per heavy atom. The zero-order valence-corrected chi connectivity index (χ0v) is 25.7. The summed E-state index contributed by atoms with van der Waals surface area (Å²) in [6, 6.07) is 24.6. The number of benzene rings is 4. The highest BCUT2D eigenvalue weighted by Crippen LogP contribution is 2.39. The van der Waals surface area contributed by atoms with Crippen LogP contribution in [-0.2, 0) is 16.8 Å². The van der Waals surface area contributed by atoms with Gasteiger partial charge in [-0.15, -0.1) is 0 Å². The molecule has 0 amide bonds. The highest BCUT2D eigenvalue weighted by molar-refractivity contribution is 9.10. The first kappa shape index (κ1) is 31.6. The van der Waals surface area contributed by atoms with E-state index in [-0.39, 0.29) is 24.3 Å². The van der Waals surface area contributed by atoms with Crippen LogP contribution in [0.2, 0.25) is 5.02 Å². The molecule has 4 aromatic rings. The summed E-state index contributed by atoms with van der Waals surface area (Å²) in [5.74, 6) is -4.26. The highest BCUT2D eigenvalue weighted by atomic mass is 79.9. The fraction of sp³-hybridized carbons (Fsp3) is 0.242. The Hall–Kier alpha value is -3.33. The molecule has 4 aromatic carbocycles. The SMILES string of the molecule is COC(=O)c1cc(OCCCN(Cc2c(C)c(F)c(F)c(F)c2Cl)C(C)(c2ccccc2)c2ccccc2)ccc1Br. The standard InChI is InChI=1S/C33H30BrClF3NO3/c1-21-26(28(35)30(37)31(38)29(21)36)20-39(17-10-18-42-24-15-16-27(34)25(19-24)32(40)41-3)33(2,22-11-6-4-7-12-22)23-13-8-5-9-14-23/h4-9,11-16,19H,10,17-18,20H2,1-3H3. The fourth-order valence-corrected chi connectivity index (χ4v) is 5.68. The normalized spacial score (nSPS) is 11.5. The lowest BCUT2D eigenvalue weighted by atomic mass is 9.82. The van der Waals surface area contributed by atoms with Crippen molar-refractivity contribution >= 4 is 33.5 Å². The summed E-state index contributed by atoms with van der Waals surface area (Å²) < 4.78 is 54.9. The van der Waals surface area contributed by atoms with Gasteiger partial charge in [-0.2, -0.15) is 0 Å². The number of carbonyl (C=O) groups is 1. The summed E-state index contributed by atoms with van der Waals surface area (Å²) in [4.78, 5) is 14.1. The Kier molecular flexibility index (Phi) is 10.4. The van der Waals surface area contributed by atoms with E-state index in [0.29, 0.717) is 28.8 Å². The number of esters is 1. The second-order valence-corrected chi connectivity index (χ2v) is 11.2. The van der Waals surface area contributed by atoms with Gasteiger partial charge in [0.2, 0.25) is 0 Å². The molecule has 4 nitrogen and oxygen atoms in total. The van der Waals surface area contributed by atoms with Crippen molar-refractivity contribution in [2.45, 2.75) is 32.4 Å². The molecule has 0 N–H and O–H groups in total. The van der Waals surface area contributed by atoms with E-state index in [1.165, 1.54) is 14.0 Å². The Balaban J connectivity index is 1.70. The quantitative estimate of drug-likeness (QED) is 0.0698. The van der Waals surface area contributed by atoms with Crippen LogP contribution in [0.1, 0.15) is 46.0 Å².